The van der Waals surface area contributed by atoms with Gasteiger partial charge in [-0.1, -0.05) is 29.3 Å². The number of hydrogen-bond acceptors (Lipinski definition) is 2. The Morgan fingerprint density at radius 1 is 1.29 bits per heavy atom. The quantitative estimate of drug-likeness (QED) is 0.835. The molecule has 0 aliphatic heterocycles. The predicted molar refractivity (Wildman–Crippen MR) is 71.8 cm³/mol. The molecule has 4 heteroatoms. The Morgan fingerprint density at radius 2 is 2.06 bits per heavy atom. The van der Waals surface area contributed by atoms with Crippen molar-refractivity contribution in [3.63, 3.8) is 0 Å². The number of nitrogens with one attached hydrogen (secondary N) is 1. The molecular formula is C13H17Cl2NO. The molecule has 1 atom stereocenters. The van der Waals surface area contributed by atoms with Crippen molar-refractivity contribution in [2.45, 2.75) is 37.8 Å². The maximum Gasteiger partial charge on any atom is 0.0667 e. The summed E-state index contributed by atoms with van der Waals surface area (Å²) in [5.74, 6) is 0. The molecule has 1 aliphatic carbocycles. The van der Waals surface area contributed by atoms with Crippen LogP contribution in [-0.2, 0) is 6.42 Å². The number of halogens is 2. The monoisotopic (exact) mass is 273 g/mol. The molecule has 0 saturated heterocycles. The lowest BCUT2D eigenvalue weighted by Crippen LogP contribution is -2.28. The van der Waals surface area contributed by atoms with Gasteiger partial charge in [-0.15, -0.1) is 0 Å². The van der Waals surface area contributed by atoms with E-state index in [4.69, 9.17) is 23.2 Å². The summed E-state index contributed by atoms with van der Waals surface area (Å²) in [6.45, 7) is 0.686. The summed E-state index contributed by atoms with van der Waals surface area (Å²) in [6.07, 6.45) is 3.78. The largest absolute Gasteiger partial charge is 0.392 e. The Balaban J connectivity index is 1.73. The van der Waals surface area contributed by atoms with Crippen molar-refractivity contribution in [1.29, 1.82) is 0 Å². The third-order valence-corrected chi connectivity index (χ3v) is 3.71. The highest BCUT2D eigenvalue weighted by molar-refractivity contribution is 6.42. The number of rotatable bonds is 6. The first-order valence-corrected chi connectivity index (χ1v) is 6.76. The van der Waals surface area contributed by atoms with Crippen LogP contribution in [0.5, 0.6) is 0 Å². The second-order valence-corrected chi connectivity index (χ2v) is 5.44. The summed E-state index contributed by atoms with van der Waals surface area (Å²) < 4.78 is 0. The molecule has 2 N–H and O–H groups in total. The Labute approximate surface area is 112 Å². The van der Waals surface area contributed by atoms with Gasteiger partial charge < -0.3 is 10.4 Å². The lowest BCUT2D eigenvalue weighted by molar-refractivity contribution is 0.161. The fourth-order valence-electron chi connectivity index (χ4n) is 1.72. The van der Waals surface area contributed by atoms with Crippen molar-refractivity contribution < 1.29 is 5.11 Å². The van der Waals surface area contributed by atoms with Crippen molar-refractivity contribution in [1.82, 2.24) is 5.32 Å². The molecule has 17 heavy (non-hydrogen) atoms. The van der Waals surface area contributed by atoms with Gasteiger partial charge in [0.1, 0.15) is 0 Å². The molecule has 1 aromatic carbocycles. The number of benzene rings is 1. The number of hydrogen-bond donors (Lipinski definition) is 2. The predicted octanol–water partition coefficient (Wildman–Crippen LogP) is 3.04. The molecule has 1 aromatic rings. The van der Waals surface area contributed by atoms with Crippen LogP contribution in [0.15, 0.2) is 18.2 Å². The Bertz CT molecular complexity index is 380. The van der Waals surface area contributed by atoms with Gasteiger partial charge >= 0.3 is 0 Å². The van der Waals surface area contributed by atoms with Gasteiger partial charge in [0.2, 0.25) is 0 Å². The number of aryl methyl sites for hydroxylation is 1. The van der Waals surface area contributed by atoms with Crippen molar-refractivity contribution in [2.75, 3.05) is 6.54 Å². The first-order chi connectivity index (χ1) is 8.15. The van der Waals surface area contributed by atoms with Crippen LogP contribution in [-0.4, -0.2) is 23.8 Å². The lowest BCUT2D eigenvalue weighted by atomic mass is 10.1. The highest BCUT2D eigenvalue weighted by atomic mass is 35.5. The minimum Gasteiger partial charge on any atom is -0.392 e. The van der Waals surface area contributed by atoms with E-state index in [-0.39, 0.29) is 6.10 Å². The maximum atomic E-state index is 9.79. The van der Waals surface area contributed by atoms with Crippen LogP contribution < -0.4 is 5.32 Å². The fourth-order valence-corrected chi connectivity index (χ4v) is 2.04. The zero-order chi connectivity index (χ0) is 12.3. The molecule has 0 aromatic heterocycles. The van der Waals surface area contributed by atoms with E-state index in [0.717, 1.165) is 18.4 Å². The van der Waals surface area contributed by atoms with Crippen LogP contribution in [0.25, 0.3) is 0 Å². The molecule has 1 aliphatic rings. The molecule has 1 fully saturated rings. The summed E-state index contributed by atoms with van der Waals surface area (Å²) >= 11 is 11.8. The van der Waals surface area contributed by atoms with Crippen molar-refractivity contribution in [3.05, 3.63) is 33.8 Å². The zero-order valence-electron chi connectivity index (χ0n) is 9.63. The molecule has 0 heterocycles. The normalized spacial score (nSPS) is 17.1. The van der Waals surface area contributed by atoms with E-state index in [9.17, 15) is 5.11 Å². The molecule has 94 valence electrons. The smallest absolute Gasteiger partial charge is 0.0667 e. The summed E-state index contributed by atoms with van der Waals surface area (Å²) in [5, 5.41) is 14.3. The van der Waals surface area contributed by atoms with E-state index < -0.39 is 0 Å². The van der Waals surface area contributed by atoms with Crippen LogP contribution in [0.3, 0.4) is 0 Å². The SMILES string of the molecule is OC(CCc1ccc(Cl)c(Cl)c1)CNC1CC1. The summed E-state index contributed by atoms with van der Waals surface area (Å²) in [4.78, 5) is 0. The van der Waals surface area contributed by atoms with Gasteiger partial charge in [-0.3, -0.25) is 0 Å². The second kappa shape index (κ2) is 6.05. The first-order valence-electron chi connectivity index (χ1n) is 6.00. The van der Waals surface area contributed by atoms with Gasteiger partial charge in [0.05, 0.1) is 16.1 Å². The van der Waals surface area contributed by atoms with Crippen LogP contribution in [0, 0.1) is 0 Å². The van der Waals surface area contributed by atoms with Crippen molar-refractivity contribution in [2.24, 2.45) is 0 Å². The topological polar surface area (TPSA) is 32.3 Å². The first kappa shape index (κ1) is 13.2. The minimum absolute atomic E-state index is 0.287. The zero-order valence-corrected chi connectivity index (χ0v) is 11.1. The molecule has 1 saturated carbocycles. The highest BCUT2D eigenvalue weighted by Crippen LogP contribution is 2.23. The van der Waals surface area contributed by atoms with Crippen LogP contribution in [0.1, 0.15) is 24.8 Å². The Kier molecular flexibility index (Phi) is 4.69. The van der Waals surface area contributed by atoms with Crippen molar-refractivity contribution >= 4 is 23.2 Å². The van der Waals surface area contributed by atoms with Crippen molar-refractivity contribution in [3.8, 4) is 0 Å². The summed E-state index contributed by atoms with van der Waals surface area (Å²) in [6, 6.07) is 6.27. The average Bonchev–Trinajstić information content (AvgIpc) is 3.12. The third kappa shape index (κ3) is 4.47. The van der Waals surface area contributed by atoms with Gasteiger partial charge in [-0.2, -0.15) is 0 Å². The number of aliphatic hydroxyl groups excluding tert-OH is 1. The lowest BCUT2D eigenvalue weighted by Gasteiger charge is -2.11. The van der Waals surface area contributed by atoms with Gasteiger partial charge in [-0.25, -0.2) is 0 Å². The van der Waals surface area contributed by atoms with Crippen LogP contribution in [0.2, 0.25) is 10.0 Å². The highest BCUT2D eigenvalue weighted by Gasteiger charge is 2.21. The minimum atomic E-state index is -0.287. The van der Waals surface area contributed by atoms with E-state index in [2.05, 4.69) is 5.32 Å². The van der Waals surface area contributed by atoms with E-state index in [1.165, 1.54) is 12.8 Å². The molecule has 0 radical (unpaired) electrons. The molecule has 0 spiro atoms. The van der Waals surface area contributed by atoms with E-state index in [1.807, 2.05) is 12.1 Å². The summed E-state index contributed by atoms with van der Waals surface area (Å²) in [7, 11) is 0. The fraction of sp³-hybridized carbons (Fsp3) is 0.538. The van der Waals surface area contributed by atoms with Gasteiger partial charge in [-0.05, 0) is 43.4 Å². The maximum absolute atomic E-state index is 9.79. The molecule has 2 rings (SSSR count). The van der Waals surface area contributed by atoms with Crippen LogP contribution >= 0.6 is 23.2 Å². The standard InChI is InChI=1S/C13H17Cl2NO/c14-12-6-2-9(7-13(12)15)1-5-11(17)8-16-10-3-4-10/h2,6-7,10-11,16-17H,1,3-5,8H2. The van der Waals surface area contributed by atoms with Gasteiger partial charge in [0, 0.05) is 12.6 Å². The molecule has 2 nitrogen and oxygen atoms in total. The molecular weight excluding hydrogens is 257 g/mol. The Hall–Kier alpha value is -0.280. The second-order valence-electron chi connectivity index (χ2n) is 4.62. The summed E-state index contributed by atoms with van der Waals surface area (Å²) in [5.41, 5.74) is 1.12. The van der Waals surface area contributed by atoms with Gasteiger partial charge in [0.15, 0.2) is 0 Å². The molecule has 1 unspecified atom stereocenters. The van der Waals surface area contributed by atoms with Crippen LogP contribution in [0.4, 0.5) is 0 Å². The van der Waals surface area contributed by atoms with E-state index in [1.54, 1.807) is 6.07 Å². The average molecular weight is 274 g/mol. The van der Waals surface area contributed by atoms with E-state index >= 15 is 0 Å². The number of aliphatic hydroxyl groups is 1. The van der Waals surface area contributed by atoms with Gasteiger partial charge in [0.25, 0.3) is 0 Å². The third-order valence-electron chi connectivity index (χ3n) is 2.97. The molecule has 0 amide bonds. The van der Waals surface area contributed by atoms with E-state index in [0.29, 0.717) is 22.6 Å². The molecule has 0 bridgehead atoms. The Morgan fingerprint density at radius 3 is 2.71 bits per heavy atom.